The molecule has 118 valence electrons. The summed E-state index contributed by atoms with van der Waals surface area (Å²) in [5, 5.41) is 0. The Kier molecular flexibility index (Phi) is 7.83. The third-order valence-corrected chi connectivity index (χ3v) is 3.16. The molecule has 0 aliphatic carbocycles. The fraction of sp³-hybridized carbons (Fsp3) is 0.588. The zero-order chi connectivity index (χ0) is 15.7. The Morgan fingerprint density at radius 2 is 1.71 bits per heavy atom. The molecule has 0 aliphatic heterocycles. The van der Waals surface area contributed by atoms with E-state index in [-0.39, 0.29) is 11.8 Å². The van der Waals surface area contributed by atoms with Gasteiger partial charge in [-0.05, 0) is 37.5 Å². The van der Waals surface area contributed by atoms with Gasteiger partial charge in [0.15, 0.2) is 17.3 Å². The van der Waals surface area contributed by atoms with Crippen LogP contribution in [0.25, 0.3) is 0 Å². The van der Waals surface area contributed by atoms with Gasteiger partial charge in [-0.25, -0.2) is 0 Å². The fourth-order valence-corrected chi connectivity index (χ4v) is 1.84. The van der Waals surface area contributed by atoms with E-state index in [9.17, 15) is 4.79 Å². The molecule has 0 saturated heterocycles. The van der Waals surface area contributed by atoms with Gasteiger partial charge >= 0.3 is 0 Å². The van der Waals surface area contributed by atoms with E-state index < -0.39 is 0 Å². The monoisotopic (exact) mass is 293 g/mol. The van der Waals surface area contributed by atoms with Crippen molar-refractivity contribution in [2.24, 2.45) is 5.73 Å². The minimum atomic E-state index is -0.0893. The van der Waals surface area contributed by atoms with Crippen LogP contribution in [-0.4, -0.2) is 25.0 Å². The molecule has 1 atom stereocenters. The van der Waals surface area contributed by atoms with Gasteiger partial charge < -0.3 is 15.2 Å². The van der Waals surface area contributed by atoms with Crippen LogP contribution in [0.4, 0.5) is 0 Å². The van der Waals surface area contributed by atoms with Crippen LogP contribution in [0, 0.1) is 0 Å². The molecule has 0 amide bonds. The van der Waals surface area contributed by atoms with Gasteiger partial charge in [0.1, 0.15) is 0 Å². The third-order valence-electron chi connectivity index (χ3n) is 3.16. The Bertz CT molecular complexity index is 446. The molecule has 4 heteroatoms. The van der Waals surface area contributed by atoms with E-state index in [1.807, 2.05) is 19.9 Å². The quantitative estimate of drug-likeness (QED) is 0.670. The Balaban J connectivity index is 2.88. The van der Waals surface area contributed by atoms with Crippen LogP contribution in [0.15, 0.2) is 18.2 Å². The van der Waals surface area contributed by atoms with Gasteiger partial charge in [0, 0.05) is 18.0 Å². The highest BCUT2D eigenvalue weighted by Gasteiger charge is 2.14. The molecule has 0 bridgehead atoms. The number of carbonyl (C=O) groups is 1. The van der Waals surface area contributed by atoms with Crippen molar-refractivity contribution in [1.82, 2.24) is 0 Å². The summed E-state index contributed by atoms with van der Waals surface area (Å²) in [6, 6.07) is 5.28. The van der Waals surface area contributed by atoms with Crippen molar-refractivity contribution in [2.75, 3.05) is 13.2 Å². The number of carbonyl (C=O) groups excluding carboxylic acids is 1. The summed E-state index contributed by atoms with van der Waals surface area (Å²) in [7, 11) is 0. The molecule has 2 N–H and O–H groups in total. The Labute approximate surface area is 127 Å². The average Bonchev–Trinajstić information content (AvgIpc) is 2.50. The zero-order valence-corrected chi connectivity index (χ0v) is 13.4. The Morgan fingerprint density at radius 1 is 1.10 bits per heavy atom. The summed E-state index contributed by atoms with van der Waals surface area (Å²) in [5.41, 5.74) is 6.48. The lowest BCUT2D eigenvalue weighted by Crippen LogP contribution is -2.22. The van der Waals surface area contributed by atoms with Crippen LogP contribution in [0.1, 0.15) is 56.8 Å². The van der Waals surface area contributed by atoms with Crippen LogP contribution in [0.2, 0.25) is 0 Å². The summed E-state index contributed by atoms with van der Waals surface area (Å²) in [5.74, 6) is 1.38. The molecule has 1 aromatic rings. The van der Waals surface area contributed by atoms with Crippen LogP contribution in [0.3, 0.4) is 0 Å². The van der Waals surface area contributed by atoms with Gasteiger partial charge in [0.05, 0.1) is 13.2 Å². The smallest absolute Gasteiger partial charge is 0.164 e. The second-order valence-corrected chi connectivity index (χ2v) is 5.15. The maximum Gasteiger partial charge on any atom is 0.164 e. The van der Waals surface area contributed by atoms with Gasteiger partial charge in [-0.2, -0.15) is 0 Å². The van der Waals surface area contributed by atoms with Crippen LogP contribution in [0.5, 0.6) is 11.5 Å². The summed E-state index contributed by atoms with van der Waals surface area (Å²) in [4.78, 5) is 12.2. The predicted octanol–water partition coefficient (Wildman–Crippen LogP) is 3.57. The maximum atomic E-state index is 12.2. The van der Waals surface area contributed by atoms with Gasteiger partial charge in [-0.3, -0.25) is 4.79 Å². The van der Waals surface area contributed by atoms with Crippen molar-refractivity contribution in [1.29, 1.82) is 0 Å². The first-order valence-corrected chi connectivity index (χ1v) is 7.80. The highest BCUT2D eigenvalue weighted by atomic mass is 16.5. The summed E-state index contributed by atoms with van der Waals surface area (Å²) < 4.78 is 11.4. The first kappa shape index (κ1) is 17.5. The fourth-order valence-electron chi connectivity index (χ4n) is 1.84. The van der Waals surface area contributed by atoms with Gasteiger partial charge in [-0.1, -0.05) is 20.8 Å². The highest BCUT2D eigenvalue weighted by Crippen LogP contribution is 2.29. The molecule has 0 aliphatic rings. The molecular weight excluding hydrogens is 266 g/mol. The normalized spacial score (nSPS) is 12.0. The molecule has 21 heavy (non-hydrogen) atoms. The Morgan fingerprint density at radius 3 is 2.29 bits per heavy atom. The third kappa shape index (κ3) is 5.76. The van der Waals surface area contributed by atoms with E-state index in [0.717, 1.165) is 19.3 Å². The zero-order valence-electron chi connectivity index (χ0n) is 13.4. The van der Waals surface area contributed by atoms with E-state index in [1.54, 1.807) is 12.1 Å². The van der Waals surface area contributed by atoms with E-state index in [2.05, 4.69) is 6.92 Å². The predicted molar refractivity (Wildman–Crippen MR) is 85.2 cm³/mol. The first-order valence-electron chi connectivity index (χ1n) is 7.80. The number of ketones is 1. The molecule has 4 nitrogen and oxygen atoms in total. The average molecular weight is 293 g/mol. The van der Waals surface area contributed by atoms with E-state index >= 15 is 0 Å². The van der Waals surface area contributed by atoms with Gasteiger partial charge in [-0.15, -0.1) is 0 Å². The van der Waals surface area contributed by atoms with Crippen molar-refractivity contribution in [3.8, 4) is 11.5 Å². The number of hydrogen-bond donors (Lipinski definition) is 1. The van der Waals surface area contributed by atoms with Crippen molar-refractivity contribution in [3.63, 3.8) is 0 Å². The molecule has 1 unspecified atom stereocenters. The van der Waals surface area contributed by atoms with Crippen LogP contribution < -0.4 is 15.2 Å². The minimum absolute atomic E-state index is 0.0488. The van der Waals surface area contributed by atoms with Crippen LogP contribution >= 0.6 is 0 Å². The first-order chi connectivity index (χ1) is 10.1. The molecule has 1 aromatic carbocycles. The molecule has 0 saturated carbocycles. The standard InChI is InChI=1S/C17H27NO3/c1-4-9-20-16-8-7-13(11-17(16)21-10-5-2)15(19)12-14(18)6-3/h7-8,11,14H,4-6,9-10,12,18H2,1-3H3. The lowest BCUT2D eigenvalue weighted by atomic mass is 10.0. The van der Waals surface area contributed by atoms with E-state index in [4.69, 9.17) is 15.2 Å². The van der Waals surface area contributed by atoms with Crippen molar-refractivity contribution < 1.29 is 14.3 Å². The summed E-state index contributed by atoms with van der Waals surface area (Å²) >= 11 is 0. The molecule has 0 radical (unpaired) electrons. The SMILES string of the molecule is CCCOc1ccc(C(=O)CC(N)CC)cc1OCCC. The topological polar surface area (TPSA) is 61.5 Å². The highest BCUT2D eigenvalue weighted by molar-refractivity contribution is 5.97. The maximum absolute atomic E-state index is 12.2. The van der Waals surface area contributed by atoms with Crippen molar-refractivity contribution in [2.45, 2.75) is 52.5 Å². The van der Waals surface area contributed by atoms with E-state index in [0.29, 0.717) is 36.7 Å². The number of ether oxygens (including phenoxy) is 2. The Hall–Kier alpha value is -1.55. The second-order valence-electron chi connectivity index (χ2n) is 5.15. The number of Topliss-reactive ketones (excluding diaryl/α,β-unsaturated/α-hetero) is 1. The molecule has 0 aromatic heterocycles. The number of nitrogens with two attached hydrogens (primary N) is 1. The van der Waals surface area contributed by atoms with Gasteiger partial charge in [0.2, 0.25) is 0 Å². The summed E-state index contributed by atoms with van der Waals surface area (Å²) in [6.45, 7) is 7.32. The second kappa shape index (κ2) is 9.40. The number of hydrogen-bond acceptors (Lipinski definition) is 4. The molecular formula is C17H27NO3. The lowest BCUT2D eigenvalue weighted by molar-refractivity contribution is 0.0973. The largest absolute Gasteiger partial charge is 0.490 e. The molecule has 0 spiro atoms. The van der Waals surface area contributed by atoms with E-state index in [1.165, 1.54) is 0 Å². The van der Waals surface area contributed by atoms with Crippen molar-refractivity contribution in [3.05, 3.63) is 23.8 Å². The lowest BCUT2D eigenvalue weighted by Gasteiger charge is -2.14. The molecule has 0 heterocycles. The van der Waals surface area contributed by atoms with Crippen LogP contribution in [-0.2, 0) is 0 Å². The summed E-state index contributed by atoms with van der Waals surface area (Å²) in [6.07, 6.45) is 2.99. The van der Waals surface area contributed by atoms with Crippen molar-refractivity contribution >= 4 is 5.78 Å². The number of benzene rings is 1. The minimum Gasteiger partial charge on any atom is -0.490 e. The number of rotatable bonds is 10. The molecule has 1 rings (SSSR count). The molecule has 0 fully saturated rings. The van der Waals surface area contributed by atoms with Gasteiger partial charge in [0.25, 0.3) is 0 Å².